The highest BCUT2D eigenvalue weighted by Crippen LogP contribution is 2.20. The molecule has 128 valence electrons. The van der Waals surface area contributed by atoms with Crippen molar-refractivity contribution >= 4 is 5.91 Å². The Labute approximate surface area is 142 Å². The second-order valence-electron chi connectivity index (χ2n) is 6.18. The van der Waals surface area contributed by atoms with Gasteiger partial charge in [-0.3, -0.25) is 9.69 Å². The topological polar surface area (TPSA) is 71.3 Å². The smallest absolute Gasteiger partial charge is 0.236 e. The van der Waals surface area contributed by atoms with Crippen molar-refractivity contribution in [2.24, 2.45) is 0 Å². The van der Waals surface area contributed by atoms with Crippen LogP contribution in [0.15, 0.2) is 28.8 Å². The Morgan fingerprint density at radius 3 is 2.92 bits per heavy atom. The zero-order chi connectivity index (χ0) is 16.8. The zero-order valence-corrected chi connectivity index (χ0v) is 14.1. The van der Waals surface area contributed by atoms with Crippen molar-refractivity contribution in [3.63, 3.8) is 0 Å². The van der Waals surface area contributed by atoms with Gasteiger partial charge in [0, 0.05) is 18.7 Å². The lowest BCUT2D eigenvalue weighted by Crippen LogP contribution is -2.29. The van der Waals surface area contributed by atoms with Gasteiger partial charge in [-0.1, -0.05) is 29.8 Å². The molecule has 1 saturated heterocycles. The lowest BCUT2D eigenvalue weighted by atomic mass is 10.1. The largest absolute Gasteiger partial charge is 0.356 e. The first-order chi connectivity index (χ1) is 11.7. The summed E-state index contributed by atoms with van der Waals surface area (Å²) in [6.45, 7) is 5.77. The number of rotatable bonds is 6. The standard InChI is InChI=1S/C18H24N4O2/c1-2-19-16(23)12-17-20-18(21-24-17)15-8-6-7-14(11-15)13-22-9-4-3-5-10-22/h6-8,11H,2-5,9-10,12-13H2,1H3,(H,19,23). The van der Waals surface area contributed by atoms with Crippen LogP contribution in [0, 0.1) is 0 Å². The number of carbonyl (C=O) groups excluding carboxylic acids is 1. The fourth-order valence-electron chi connectivity index (χ4n) is 3.03. The van der Waals surface area contributed by atoms with E-state index < -0.39 is 0 Å². The number of hydrogen-bond donors (Lipinski definition) is 1. The van der Waals surface area contributed by atoms with E-state index >= 15 is 0 Å². The van der Waals surface area contributed by atoms with Crippen molar-refractivity contribution in [2.45, 2.75) is 39.2 Å². The van der Waals surface area contributed by atoms with Gasteiger partial charge in [0.25, 0.3) is 0 Å². The summed E-state index contributed by atoms with van der Waals surface area (Å²) in [5.41, 5.74) is 2.18. The third-order valence-corrected chi connectivity index (χ3v) is 4.19. The minimum Gasteiger partial charge on any atom is -0.356 e. The van der Waals surface area contributed by atoms with Crippen molar-refractivity contribution in [3.05, 3.63) is 35.7 Å². The van der Waals surface area contributed by atoms with Gasteiger partial charge in [-0.05, 0) is 44.5 Å². The van der Waals surface area contributed by atoms with Crippen LogP contribution < -0.4 is 5.32 Å². The molecule has 6 heteroatoms. The van der Waals surface area contributed by atoms with Crippen molar-refractivity contribution in [1.29, 1.82) is 0 Å². The van der Waals surface area contributed by atoms with E-state index in [-0.39, 0.29) is 12.3 Å². The van der Waals surface area contributed by atoms with Crippen LogP contribution in [-0.4, -0.2) is 40.6 Å². The number of nitrogens with zero attached hydrogens (tertiary/aromatic N) is 3. The molecule has 0 unspecified atom stereocenters. The predicted octanol–water partition coefficient (Wildman–Crippen LogP) is 2.40. The summed E-state index contributed by atoms with van der Waals surface area (Å²) in [6.07, 6.45) is 4.03. The lowest BCUT2D eigenvalue weighted by molar-refractivity contribution is -0.120. The maximum atomic E-state index is 11.6. The number of amides is 1. The SMILES string of the molecule is CCNC(=O)Cc1nc(-c2cccc(CN3CCCCC3)c2)no1. The molecule has 1 fully saturated rings. The van der Waals surface area contributed by atoms with Gasteiger partial charge < -0.3 is 9.84 Å². The fourth-order valence-corrected chi connectivity index (χ4v) is 3.03. The number of nitrogens with one attached hydrogen (secondary N) is 1. The molecule has 1 aliphatic rings. The van der Waals surface area contributed by atoms with Gasteiger partial charge in [-0.25, -0.2) is 0 Å². The Morgan fingerprint density at radius 1 is 1.29 bits per heavy atom. The summed E-state index contributed by atoms with van der Waals surface area (Å²) >= 11 is 0. The van der Waals surface area contributed by atoms with Crippen molar-refractivity contribution in [1.82, 2.24) is 20.4 Å². The predicted molar refractivity (Wildman–Crippen MR) is 91.2 cm³/mol. The molecule has 0 saturated carbocycles. The van der Waals surface area contributed by atoms with Crippen LogP contribution in [0.3, 0.4) is 0 Å². The van der Waals surface area contributed by atoms with E-state index in [1.807, 2.05) is 19.1 Å². The van der Waals surface area contributed by atoms with E-state index in [2.05, 4.69) is 32.5 Å². The summed E-state index contributed by atoms with van der Waals surface area (Å²) in [4.78, 5) is 18.4. The van der Waals surface area contributed by atoms with Gasteiger partial charge >= 0.3 is 0 Å². The summed E-state index contributed by atoms with van der Waals surface area (Å²) in [5, 5.41) is 6.73. The van der Waals surface area contributed by atoms with E-state index in [0.29, 0.717) is 18.3 Å². The fraction of sp³-hybridized carbons (Fsp3) is 0.500. The third kappa shape index (κ3) is 4.41. The van der Waals surface area contributed by atoms with Gasteiger partial charge in [0.15, 0.2) is 0 Å². The Morgan fingerprint density at radius 2 is 2.12 bits per heavy atom. The van der Waals surface area contributed by atoms with E-state index in [1.54, 1.807) is 0 Å². The van der Waals surface area contributed by atoms with Crippen LogP contribution in [0.25, 0.3) is 11.4 Å². The molecule has 6 nitrogen and oxygen atoms in total. The Hall–Kier alpha value is -2.21. The number of piperidine rings is 1. The Balaban J connectivity index is 1.67. The molecule has 24 heavy (non-hydrogen) atoms. The first kappa shape index (κ1) is 16.6. The normalized spacial score (nSPS) is 15.4. The minimum atomic E-state index is -0.105. The average Bonchev–Trinajstić information content (AvgIpc) is 3.05. The highest BCUT2D eigenvalue weighted by atomic mass is 16.5. The second kappa shape index (κ2) is 8.06. The monoisotopic (exact) mass is 328 g/mol. The number of benzene rings is 1. The highest BCUT2D eigenvalue weighted by molar-refractivity contribution is 5.77. The maximum absolute atomic E-state index is 11.6. The Bertz CT molecular complexity index is 677. The number of aromatic nitrogens is 2. The molecule has 0 spiro atoms. The van der Waals surface area contributed by atoms with Crippen molar-refractivity contribution in [2.75, 3.05) is 19.6 Å². The van der Waals surface area contributed by atoms with Crippen LogP contribution in [0.1, 0.15) is 37.6 Å². The molecular weight excluding hydrogens is 304 g/mol. The molecule has 0 aliphatic carbocycles. The van der Waals surface area contributed by atoms with E-state index in [1.165, 1.54) is 37.9 Å². The van der Waals surface area contributed by atoms with E-state index in [0.717, 1.165) is 12.1 Å². The van der Waals surface area contributed by atoms with Crippen LogP contribution in [0.5, 0.6) is 0 Å². The molecule has 0 atom stereocenters. The molecule has 3 rings (SSSR count). The minimum absolute atomic E-state index is 0.105. The number of likely N-dealkylation sites (N-methyl/N-ethyl adjacent to an activating group) is 1. The van der Waals surface area contributed by atoms with E-state index in [4.69, 9.17) is 4.52 Å². The number of carbonyl (C=O) groups is 1. The molecule has 1 aromatic heterocycles. The Kier molecular flexibility index (Phi) is 5.59. The molecule has 2 heterocycles. The van der Waals surface area contributed by atoms with Crippen LogP contribution in [0.4, 0.5) is 0 Å². The van der Waals surface area contributed by atoms with Crippen molar-refractivity contribution < 1.29 is 9.32 Å². The highest BCUT2D eigenvalue weighted by Gasteiger charge is 2.14. The van der Waals surface area contributed by atoms with Crippen molar-refractivity contribution in [3.8, 4) is 11.4 Å². The van der Waals surface area contributed by atoms with Gasteiger partial charge in [-0.2, -0.15) is 4.98 Å². The summed E-state index contributed by atoms with van der Waals surface area (Å²) in [5.74, 6) is 0.777. The first-order valence-electron chi connectivity index (χ1n) is 8.65. The molecule has 1 aromatic carbocycles. The molecule has 0 radical (unpaired) electrons. The summed E-state index contributed by atoms with van der Waals surface area (Å²) < 4.78 is 5.19. The molecule has 2 aromatic rings. The van der Waals surface area contributed by atoms with Gasteiger partial charge in [-0.15, -0.1) is 0 Å². The van der Waals surface area contributed by atoms with E-state index in [9.17, 15) is 4.79 Å². The van der Waals surface area contributed by atoms with Crippen LogP contribution in [-0.2, 0) is 17.8 Å². The molecular formula is C18H24N4O2. The quantitative estimate of drug-likeness (QED) is 0.881. The second-order valence-corrected chi connectivity index (χ2v) is 6.18. The number of hydrogen-bond acceptors (Lipinski definition) is 5. The molecule has 1 aliphatic heterocycles. The van der Waals surface area contributed by atoms with Gasteiger partial charge in [0.2, 0.25) is 17.6 Å². The molecule has 1 amide bonds. The van der Waals surface area contributed by atoms with Gasteiger partial charge in [0.1, 0.15) is 6.42 Å². The summed E-state index contributed by atoms with van der Waals surface area (Å²) in [6, 6.07) is 8.23. The van der Waals surface area contributed by atoms with Gasteiger partial charge in [0.05, 0.1) is 0 Å². The molecule has 1 N–H and O–H groups in total. The lowest BCUT2D eigenvalue weighted by Gasteiger charge is -2.26. The van der Waals surface area contributed by atoms with Crippen LogP contribution >= 0.6 is 0 Å². The van der Waals surface area contributed by atoms with Crippen LogP contribution in [0.2, 0.25) is 0 Å². The summed E-state index contributed by atoms with van der Waals surface area (Å²) in [7, 11) is 0. The maximum Gasteiger partial charge on any atom is 0.236 e. The molecule has 0 bridgehead atoms. The number of likely N-dealkylation sites (tertiary alicyclic amines) is 1. The average molecular weight is 328 g/mol. The third-order valence-electron chi connectivity index (χ3n) is 4.19. The zero-order valence-electron chi connectivity index (χ0n) is 14.1. The first-order valence-corrected chi connectivity index (χ1v) is 8.65.